The van der Waals surface area contributed by atoms with Gasteiger partial charge < -0.3 is 20.4 Å². The van der Waals surface area contributed by atoms with Crippen LogP contribution in [0.4, 0.5) is 0 Å². The molecular formula is C21H39N5O2. The van der Waals surface area contributed by atoms with Crippen molar-refractivity contribution >= 4 is 11.9 Å². The van der Waals surface area contributed by atoms with E-state index in [1.54, 1.807) is 6.07 Å². The van der Waals surface area contributed by atoms with Crippen LogP contribution in [0, 0.1) is 6.92 Å². The second kappa shape index (κ2) is 13.2. The van der Waals surface area contributed by atoms with Crippen molar-refractivity contribution in [3.63, 3.8) is 0 Å². The van der Waals surface area contributed by atoms with Crippen molar-refractivity contribution in [1.29, 1.82) is 0 Å². The Balaban J connectivity index is 2.29. The molecule has 1 rings (SSSR count). The Hall–Kier alpha value is -2.02. The molecule has 7 nitrogen and oxygen atoms in total. The van der Waals surface area contributed by atoms with Crippen LogP contribution in [0.2, 0.25) is 0 Å². The van der Waals surface area contributed by atoms with E-state index in [4.69, 9.17) is 4.42 Å². The molecule has 0 aliphatic carbocycles. The maximum Gasteiger partial charge on any atom is 0.287 e. The molecule has 0 fully saturated rings. The third-order valence-corrected chi connectivity index (χ3v) is 4.52. The number of guanidine groups is 1. The van der Waals surface area contributed by atoms with E-state index in [9.17, 15) is 4.79 Å². The van der Waals surface area contributed by atoms with Gasteiger partial charge in [0.15, 0.2) is 11.7 Å². The summed E-state index contributed by atoms with van der Waals surface area (Å²) in [5, 5.41) is 9.53. The molecule has 0 spiro atoms. The Bertz CT molecular complexity index is 587. The molecule has 3 N–H and O–H groups in total. The molecule has 0 atom stereocenters. The Labute approximate surface area is 170 Å². The van der Waals surface area contributed by atoms with Gasteiger partial charge in [-0.15, -0.1) is 0 Å². The molecule has 1 heterocycles. The number of amides is 1. The molecule has 0 unspecified atom stereocenters. The van der Waals surface area contributed by atoms with Crippen molar-refractivity contribution in [2.75, 3.05) is 32.7 Å². The van der Waals surface area contributed by atoms with E-state index in [-0.39, 0.29) is 5.91 Å². The van der Waals surface area contributed by atoms with Gasteiger partial charge in [0.05, 0.1) is 6.26 Å². The van der Waals surface area contributed by atoms with E-state index in [1.165, 1.54) is 6.26 Å². The zero-order chi connectivity index (χ0) is 20.9. The Morgan fingerprint density at radius 1 is 1.11 bits per heavy atom. The molecule has 0 bridgehead atoms. The zero-order valence-corrected chi connectivity index (χ0v) is 18.5. The fraction of sp³-hybridized carbons (Fsp3) is 0.714. The molecule has 1 aromatic heterocycles. The lowest BCUT2D eigenvalue weighted by Crippen LogP contribution is -2.41. The third kappa shape index (κ3) is 8.78. The first-order chi connectivity index (χ1) is 13.4. The number of hydrogen-bond donors (Lipinski definition) is 3. The smallest absolute Gasteiger partial charge is 0.287 e. The molecule has 1 amide bonds. The van der Waals surface area contributed by atoms with Gasteiger partial charge in [-0.3, -0.25) is 14.7 Å². The minimum Gasteiger partial charge on any atom is -0.459 e. The van der Waals surface area contributed by atoms with Gasteiger partial charge >= 0.3 is 0 Å². The summed E-state index contributed by atoms with van der Waals surface area (Å²) < 4.78 is 5.19. The lowest BCUT2D eigenvalue weighted by atomic mass is 10.2. The topological polar surface area (TPSA) is 81.9 Å². The summed E-state index contributed by atoms with van der Waals surface area (Å²) in [6.07, 6.45) is 3.38. The van der Waals surface area contributed by atoms with Gasteiger partial charge in [-0.1, -0.05) is 0 Å². The molecule has 0 saturated heterocycles. The van der Waals surface area contributed by atoms with E-state index in [0.29, 0.717) is 30.9 Å². The van der Waals surface area contributed by atoms with Crippen molar-refractivity contribution in [2.45, 2.75) is 66.5 Å². The molecule has 160 valence electrons. The number of hydrogen-bond acceptors (Lipinski definition) is 4. The van der Waals surface area contributed by atoms with Crippen LogP contribution in [0.25, 0.3) is 0 Å². The number of nitrogens with zero attached hydrogens (tertiary/aromatic N) is 2. The molecule has 7 heteroatoms. The first-order valence-electron chi connectivity index (χ1n) is 10.5. The fourth-order valence-corrected chi connectivity index (χ4v) is 3.08. The first kappa shape index (κ1) is 24.0. The minimum absolute atomic E-state index is 0.170. The molecule has 0 saturated carbocycles. The second-order valence-corrected chi connectivity index (χ2v) is 7.51. The third-order valence-electron chi connectivity index (χ3n) is 4.52. The van der Waals surface area contributed by atoms with Crippen LogP contribution >= 0.6 is 0 Å². The summed E-state index contributed by atoms with van der Waals surface area (Å²) in [5.41, 5.74) is 0.850. The van der Waals surface area contributed by atoms with E-state index >= 15 is 0 Å². The quantitative estimate of drug-likeness (QED) is 0.289. The van der Waals surface area contributed by atoms with Gasteiger partial charge in [-0.2, -0.15) is 0 Å². The van der Waals surface area contributed by atoms with Crippen LogP contribution in [0.15, 0.2) is 21.7 Å². The van der Waals surface area contributed by atoms with Crippen LogP contribution in [-0.2, 0) is 0 Å². The monoisotopic (exact) mass is 393 g/mol. The summed E-state index contributed by atoms with van der Waals surface area (Å²) in [7, 11) is 0. The maximum absolute atomic E-state index is 12.0. The zero-order valence-electron chi connectivity index (χ0n) is 18.5. The van der Waals surface area contributed by atoms with Crippen molar-refractivity contribution in [3.05, 3.63) is 23.7 Å². The fourth-order valence-electron chi connectivity index (χ4n) is 3.08. The van der Waals surface area contributed by atoms with Gasteiger partial charge in [0.1, 0.15) is 0 Å². The first-order valence-corrected chi connectivity index (χ1v) is 10.5. The summed E-state index contributed by atoms with van der Waals surface area (Å²) in [6.45, 7) is 16.9. The van der Waals surface area contributed by atoms with Gasteiger partial charge in [0, 0.05) is 50.4 Å². The van der Waals surface area contributed by atoms with E-state index in [2.05, 4.69) is 60.5 Å². The van der Waals surface area contributed by atoms with E-state index in [0.717, 1.165) is 44.0 Å². The average Bonchev–Trinajstić information content (AvgIpc) is 3.06. The van der Waals surface area contributed by atoms with Gasteiger partial charge in [-0.05, 0) is 60.5 Å². The average molecular weight is 394 g/mol. The SMILES string of the molecule is CCNC(=NCCCNC(=O)c1occc1C)NCCCN(C(C)C)C(C)C. The highest BCUT2D eigenvalue weighted by atomic mass is 16.3. The minimum atomic E-state index is -0.170. The van der Waals surface area contributed by atoms with Crippen LogP contribution < -0.4 is 16.0 Å². The summed E-state index contributed by atoms with van der Waals surface area (Å²) >= 11 is 0. The highest BCUT2D eigenvalue weighted by Gasteiger charge is 2.12. The highest BCUT2D eigenvalue weighted by Crippen LogP contribution is 2.08. The van der Waals surface area contributed by atoms with Crippen LogP contribution in [-0.4, -0.2) is 61.6 Å². The van der Waals surface area contributed by atoms with Crippen molar-refractivity contribution in [3.8, 4) is 0 Å². The Morgan fingerprint density at radius 3 is 2.36 bits per heavy atom. The predicted octanol–water partition coefficient (Wildman–Crippen LogP) is 2.77. The summed E-state index contributed by atoms with van der Waals surface area (Å²) in [5.74, 6) is 1.04. The second-order valence-electron chi connectivity index (χ2n) is 7.51. The summed E-state index contributed by atoms with van der Waals surface area (Å²) in [6, 6.07) is 2.90. The molecule has 0 aliphatic heterocycles. The lowest BCUT2D eigenvalue weighted by Gasteiger charge is -2.30. The number of rotatable bonds is 12. The number of furan rings is 1. The van der Waals surface area contributed by atoms with E-state index < -0.39 is 0 Å². The summed E-state index contributed by atoms with van der Waals surface area (Å²) in [4.78, 5) is 19.1. The maximum atomic E-state index is 12.0. The van der Waals surface area contributed by atoms with Crippen molar-refractivity contribution < 1.29 is 9.21 Å². The number of carbonyl (C=O) groups is 1. The predicted molar refractivity (Wildman–Crippen MR) is 116 cm³/mol. The van der Waals surface area contributed by atoms with Gasteiger partial charge in [0.2, 0.25) is 0 Å². The Morgan fingerprint density at radius 2 is 1.79 bits per heavy atom. The lowest BCUT2D eigenvalue weighted by molar-refractivity contribution is 0.0925. The number of aryl methyl sites for hydroxylation is 1. The number of aliphatic imine (C=N–C) groups is 1. The molecule has 0 radical (unpaired) electrons. The molecule has 1 aromatic rings. The Kier molecular flexibility index (Phi) is 11.3. The van der Waals surface area contributed by atoms with Gasteiger partial charge in [-0.25, -0.2) is 0 Å². The number of carbonyl (C=O) groups excluding carboxylic acids is 1. The standard InChI is InChI=1S/C21H39N5O2/c1-7-22-21(25-13-9-14-26(16(2)3)17(4)5)24-12-8-11-23-20(27)19-18(6)10-15-28-19/h10,15-17H,7-9,11-14H2,1-6H3,(H,23,27)(H2,22,24,25). The van der Waals surface area contributed by atoms with E-state index in [1.807, 2.05) is 6.92 Å². The molecule has 0 aliphatic rings. The molecule has 0 aromatic carbocycles. The highest BCUT2D eigenvalue weighted by molar-refractivity contribution is 5.92. The van der Waals surface area contributed by atoms with Gasteiger partial charge in [0.25, 0.3) is 5.91 Å². The molecule has 28 heavy (non-hydrogen) atoms. The van der Waals surface area contributed by atoms with Crippen LogP contribution in [0.5, 0.6) is 0 Å². The largest absolute Gasteiger partial charge is 0.459 e. The van der Waals surface area contributed by atoms with Crippen molar-refractivity contribution in [2.24, 2.45) is 4.99 Å². The van der Waals surface area contributed by atoms with Crippen molar-refractivity contribution in [1.82, 2.24) is 20.9 Å². The number of nitrogens with one attached hydrogen (secondary N) is 3. The van der Waals surface area contributed by atoms with Crippen LogP contribution in [0.3, 0.4) is 0 Å². The normalized spacial score (nSPS) is 12.1. The molecular weight excluding hydrogens is 354 g/mol. The van der Waals surface area contributed by atoms with Crippen LogP contribution in [0.1, 0.15) is 63.6 Å².